The van der Waals surface area contributed by atoms with E-state index in [0.717, 1.165) is 12.3 Å². The fraction of sp³-hybridized carbons (Fsp3) is 0.353. The number of hydrazine groups is 1. The minimum absolute atomic E-state index is 0.0321. The lowest BCUT2D eigenvalue weighted by molar-refractivity contribution is -0.140. The molecule has 0 aliphatic carbocycles. The molecule has 2 amide bonds. The van der Waals surface area contributed by atoms with Gasteiger partial charge in [-0.1, -0.05) is 0 Å². The maximum atomic E-state index is 13.2. The average Bonchev–Trinajstić information content (AvgIpc) is 2.72. The van der Waals surface area contributed by atoms with Crippen LogP contribution in [0.3, 0.4) is 0 Å². The number of nitrogens with zero attached hydrogens (tertiary/aromatic N) is 2. The fourth-order valence-electron chi connectivity index (χ4n) is 2.98. The Hall–Kier alpha value is -3.05. The van der Waals surface area contributed by atoms with Gasteiger partial charge in [-0.3, -0.25) is 24.9 Å². The van der Waals surface area contributed by atoms with Crippen LogP contribution in [0, 0.1) is 0 Å². The zero-order valence-corrected chi connectivity index (χ0v) is 15.0. The van der Waals surface area contributed by atoms with Gasteiger partial charge in [-0.15, -0.1) is 0 Å². The van der Waals surface area contributed by atoms with Gasteiger partial charge in [-0.05, 0) is 17.7 Å². The van der Waals surface area contributed by atoms with Crippen molar-refractivity contribution >= 4 is 17.4 Å². The molecule has 4 N–H and O–H groups in total. The predicted octanol–water partition coefficient (Wildman–Crippen LogP) is 0.0747. The summed E-state index contributed by atoms with van der Waals surface area (Å²) in [5.74, 6) is 5.04. The second-order valence-corrected chi connectivity index (χ2v) is 5.96. The lowest BCUT2D eigenvalue weighted by Crippen LogP contribution is -2.46. The molecule has 0 spiro atoms. The number of nitrogens with two attached hydrogens (primary N) is 1. The van der Waals surface area contributed by atoms with Gasteiger partial charge in [-0.2, -0.15) is 0 Å². The maximum Gasteiger partial charge on any atom is 0.280 e. The number of allylic oxidation sites excluding steroid dienone is 2. The van der Waals surface area contributed by atoms with E-state index in [2.05, 4.69) is 10.3 Å². The third kappa shape index (κ3) is 3.80. The van der Waals surface area contributed by atoms with E-state index in [9.17, 15) is 18.4 Å². The van der Waals surface area contributed by atoms with Crippen molar-refractivity contribution in [1.82, 2.24) is 20.6 Å². The number of amides is 2. The van der Waals surface area contributed by atoms with Gasteiger partial charge in [0.15, 0.2) is 0 Å². The third-order valence-electron chi connectivity index (χ3n) is 4.36. The van der Waals surface area contributed by atoms with Crippen molar-refractivity contribution in [3.8, 4) is 5.75 Å². The first kappa shape index (κ1) is 19.7. The highest BCUT2D eigenvalue weighted by Gasteiger charge is 2.28. The number of carbonyl (C=O) groups excluding carboxylic acids is 2. The molecule has 1 saturated heterocycles. The molecule has 3 rings (SSSR count). The van der Waals surface area contributed by atoms with Crippen LogP contribution in [0.1, 0.15) is 17.7 Å². The zero-order chi connectivity index (χ0) is 20.3. The van der Waals surface area contributed by atoms with Gasteiger partial charge in [0, 0.05) is 17.7 Å². The van der Waals surface area contributed by atoms with E-state index in [1.54, 1.807) is 0 Å². The number of nitrogens with one attached hydrogen (secondary N) is 2. The second-order valence-electron chi connectivity index (χ2n) is 5.96. The highest BCUT2D eigenvalue weighted by molar-refractivity contribution is 6.04. The Morgan fingerprint density at radius 2 is 2.29 bits per heavy atom. The van der Waals surface area contributed by atoms with E-state index >= 15 is 0 Å². The molecule has 0 bridgehead atoms. The summed E-state index contributed by atoms with van der Waals surface area (Å²) in [5.41, 5.74) is 2.33. The van der Waals surface area contributed by atoms with Crippen LogP contribution in [0.5, 0.6) is 5.75 Å². The standard InChI is InChI=1S/C17H19F2N5O4/c1-27-13-7-21-12(16(18)19)4-10(13)9-5-14(22-6-11(9)17(26)23-20)24-2-3-28-8-15(24)25/h4-5,7,16,22H,2-3,6,8,20H2,1H3,(H,23,26). The smallest absolute Gasteiger partial charge is 0.280 e. The molecule has 3 heterocycles. The summed E-state index contributed by atoms with van der Waals surface area (Å²) in [6.45, 7) is 0.639. The molecule has 2 aliphatic heterocycles. The second kappa shape index (κ2) is 8.31. The summed E-state index contributed by atoms with van der Waals surface area (Å²) in [6.07, 6.45) is -0.107. The third-order valence-corrected chi connectivity index (χ3v) is 4.36. The molecule has 150 valence electrons. The number of pyridine rings is 1. The zero-order valence-electron chi connectivity index (χ0n) is 15.0. The van der Waals surface area contributed by atoms with E-state index in [1.807, 2.05) is 5.43 Å². The lowest BCUT2D eigenvalue weighted by atomic mass is 9.95. The summed E-state index contributed by atoms with van der Waals surface area (Å²) in [4.78, 5) is 29.5. The van der Waals surface area contributed by atoms with Gasteiger partial charge in [0.05, 0.1) is 26.5 Å². The summed E-state index contributed by atoms with van der Waals surface area (Å²) in [6, 6.07) is 1.16. The fourth-order valence-corrected chi connectivity index (χ4v) is 2.98. The van der Waals surface area contributed by atoms with Crippen LogP contribution in [0.2, 0.25) is 0 Å². The molecule has 2 aliphatic rings. The number of hydrogen-bond acceptors (Lipinski definition) is 7. The van der Waals surface area contributed by atoms with Crippen molar-refractivity contribution in [2.45, 2.75) is 6.43 Å². The molecule has 0 atom stereocenters. The number of morpholine rings is 1. The first-order valence-electron chi connectivity index (χ1n) is 8.36. The van der Waals surface area contributed by atoms with Gasteiger partial charge in [0.2, 0.25) is 0 Å². The molecule has 9 nitrogen and oxygen atoms in total. The quantitative estimate of drug-likeness (QED) is 0.367. The van der Waals surface area contributed by atoms with Crippen molar-refractivity contribution in [2.75, 3.05) is 33.4 Å². The number of aromatic nitrogens is 1. The number of rotatable bonds is 5. The molecule has 0 radical (unpaired) electrons. The largest absolute Gasteiger partial charge is 0.494 e. The number of dihydropyridines is 1. The van der Waals surface area contributed by atoms with Crippen LogP contribution in [-0.4, -0.2) is 55.1 Å². The SMILES string of the molecule is COc1cnc(C(F)F)cc1C1=C(C(=O)NN)CNC(N2CCOCC2=O)=C1. The van der Waals surface area contributed by atoms with Gasteiger partial charge < -0.3 is 14.8 Å². The van der Waals surface area contributed by atoms with Crippen LogP contribution in [-0.2, 0) is 14.3 Å². The van der Waals surface area contributed by atoms with Crippen LogP contribution < -0.4 is 21.3 Å². The Morgan fingerprint density at radius 1 is 1.50 bits per heavy atom. The average molecular weight is 395 g/mol. The minimum Gasteiger partial charge on any atom is -0.494 e. The number of carbonyl (C=O) groups is 2. The van der Waals surface area contributed by atoms with Crippen LogP contribution in [0.4, 0.5) is 8.78 Å². The monoisotopic (exact) mass is 395 g/mol. The van der Waals surface area contributed by atoms with Crippen molar-refractivity contribution in [3.63, 3.8) is 0 Å². The van der Waals surface area contributed by atoms with E-state index in [1.165, 1.54) is 18.1 Å². The Kier molecular flexibility index (Phi) is 5.85. The highest BCUT2D eigenvalue weighted by Crippen LogP contribution is 2.34. The molecule has 0 aromatic carbocycles. The molecule has 0 saturated carbocycles. The predicted molar refractivity (Wildman–Crippen MR) is 93.6 cm³/mol. The number of alkyl halides is 2. The van der Waals surface area contributed by atoms with E-state index in [-0.39, 0.29) is 35.9 Å². The van der Waals surface area contributed by atoms with Crippen molar-refractivity contribution < 1.29 is 27.8 Å². The molecule has 11 heteroatoms. The lowest BCUT2D eigenvalue weighted by Gasteiger charge is -2.32. The summed E-state index contributed by atoms with van der Waals surface area (Å²) in [5, 5.41) is 2.99. The number of ether oxygens (including phenoxy) is 2. The van der Waals surface area contributed by atoms with Crippen LogP contribution in [0.25, 0.3) is 5.57 Å². The highest BCUT2D eigenvalue weighted by atomic mass is 19.3. The Balaban J connectivity index is 2.14. The Labute approximate surface area is 159 Å². The molecule has 0 unspecified atom stereocenters. The Bertz CT molecular complexity index is 856. The summed E-state index contributed by atoms with van der Waals surface area (Å²) < 4.78 is 36.7. The van der Waals surface area contributed by atoms with E-state index < -0.39 is 18.0 Å². The van der Waals surface area contributed by atoms with Gasteiger partial charge in [0.25, 0.3) is 18.2 Å². The summed E-state index contributed by atoms with van der Waals surface area (Å²) >= 11 is 0. The van der Waals surface area contributed by atoms with E-state index in [4.69, 9.17) is 15.3 Å². The molecule has 28 heavy (non-hydrogen) atoms. The number of methoxy groups -OCH3 is 1. The van der Waals surface area contributed by atoms with Crippen molar-refractivity contribution in [1.29, 1.82) is 0 Å². The molecule has 1 aromatic heterocycles. The molecule has 1 aromatic rings. The first-order chi connectivity index (χ1) is 13.5. The van der Waals surface area contributed by atoms with Crippen LogP contribution in [0.15, 0.2) is 29.7 Å². The maximum absolute atomic E-state index is 13.2. The van der Waals surface area contributed by atoms with Gasteiger partial charge >= 0.3 is 0 Å². The van der Waals surface area contributed by atoms with Crippen molar-refractivity contribution in [2.24, 2.45) is 5.84 Å². The van der Waals surface area contributed by atoms with Gasteiger partial charge in [-0.25, -0.2) is 14.6 Å². The Morgan fingerprint density at radius 3 is 2.93 bits per heavy atom. The van der Waals surface area contributed by atoms with E-state index in [0.29, 0.717) is 24.5 Å². The number of halogens is 2. The molecular formula is C17H19F2N5O4. The minimum atomic E-state index is -2.80. The normalized spacial score (nSPS) is 17.4. The molecule has 1 fully saturated rings. The first-order valence-corrected chi connectivity index (χ1v) is 8.36. The molecular weight excluding hydrogens is 376 g/mol. The number of hydrogen-bond donors (Lipinski definition) is 3. The van der Waals surface area contributed by atoms with Crippen molar-refractivity contribution in [3.05, 3.63) is 41.0 Å². The topological polar surface area (TPSA) is 119 Å². The van der Waals surface area contributed by atoms with Gasteiger partial charge in [0.1, 0.15) is 23.9 Å². The van der Waals surface area contributed by atoms with Crippen LogP contribution >= 0.6 is 0 Å². The summed E-state index contributed by atoms with van der Waals surface area (Å²) in [7, 11) is 1.36.